The molecular formula is C14H19N3S. The molecule has 1 atom stereocenters. The second-order valence-corrected chi connectivity index (χ2v) is 5.46. The highest BCUT2D eigenvalue weighted by atomic mass is 32.2. The topological polar surface area (TPSA) is 37.8 Å². The maximum absolute atomic E-state index is 4.64. The van der Waals surface area contributed by atoms with Crippen molar-refractivity contribution in [2.45, 2.75) is 26.3 Å². The molecule has 0 saturated heterocycles. The second-order valence-electron chi connectivity index (χ2n) is 4.47. The van der Waals surface area contributed by atoms with Crippen molar-refractivity contribution in [2.75, 3.05) is 17.3 Å². The maximum Gasteiger partial charge on any atom is 0.148 e. The Kier molecular flexibility index (Phi) is 4.42. The van der Waals surface area contributed by atoms with Crippen LogP contribution in [0.2, 0.25) is 0 Å². The number of nitrogens with one attached hydrogen (secondary N) is 1. The summed E-state index contributed by atoms with van der Waals surface area (Å²) in [5, 5.41) is 3.45. The number of hydrogen-bond donors (Lipinski definition) is 1. The smallest absolute Gasteiger partial charge is 0.148 e. The minimum absolute atomic E-state index is 0.423. The van der Waals surface area contributed by atoms with Crippen LogP contribution in [0.1, 0.15) is 19.0 Å². The molecule has 0 bridgehead atoms. The van der Waals surface area contributed by atoms with Gasteiger partial charge in [-0.2, -0.15) is 11.8 Å². The number of thioether (sulfide) groups is 1. The number of anilines is 1. The lowest BCUT2D eigenvalue weighted by Gasteiger charge is -2.15. The second kappa shape index (κ2) is 6.05. The van der Waals surface area contributed by atoms with E-state index in [4.69, 9.17) is 0 Å². The van der Waals surface area contributed by atoms with Crippen molar-refractivity contribution >= 4 is 28.6 Å². The first-order valence-electron chi connectivity index (χ1n) is 6.19. The molecule has 1 aromatic heterocycles. The molecule has 0 aliphatic carbocycles. The lowest BCUT2D eigenvalue weighted by molar-refractivity contribution is 0.765. The first kappa shape index (κ1) is 13.1. The third-order valence-corrected chi connectivity index (χ3v) is 3.53. The zero-order valence-corrected chi connectivity index (χ0v) is 11.9. The van der Waals surface area contributed by atoms with Gasteiger partial charge in [0.2, 0.25) is 0 Å². The Hall–Kier alpha value is -1.29. The van der Waals surface area contributed by atoms with Crippen molar-refractivity contribution in [3.8, 4) is 0 Å². The number of hydrogen-bond acceptors (Lipinski definition) is 4. The summed E-state index contributed by atoms with van der Waals surface area (Å²) in [5.41, 5.74) is 2.87. The zero-order valence-electron chi connectivity index (χ0n) is 11.1. The van der Waals surface area contributed by atoms with Crippen LogP contribution in [-0.2, 0) is 0 Å². The van der Waals surface area contributed by atoms with E-state index in [-0.39, 0.29) is 0 Å². The molecule has 0 saturated carbocycles. The molecular weight excluding hydrogens is 242 g/mol. The van der Waals surface area contributed by atoms with E-state index in [0.717, 1.165) is 34.7 Å². The molecule has 18 heavy (non-hydrogen) atoms. The largest absolute Gasteiger partial charge is 0.366 e. The molecule has 0 radical (unpaired) electrons. The van der Waals surface area contributed by atoms with Crippen molar-refractivity contribution in [3.05, 3.63) is 30.0 Å². The van der Waals surface area contributed by atoms with Crippen molar-refractivity contribution in [2.24, 2.45) is 0 Å². The Morgan fingerprint density at radius 2 is 1.89 bits per heavy atom. The van der Waals surface area contributed by atoms with Crippen LogP contribution in [0.15, 0.2) is 24.3 Å². The first-order chi connectivity index (χ1) is 8.70. The van der Waals surface area contributed by atoms with Gasteiger partial charge in [0.25, 0.3) is 0 Å². The van der Waals surface area contributed by atoms with Crippen LogP contribution >= 0.6 is 11.8 Å². The molecule has 1 heterocycles. The summed E-state index contributed by atoms with van der Waals surface area (Å²) in [6.07, 6.45) is 3.27. The highest BCUT2D eigenvalue weighted by molar-refractivity contribution is 7.98. The van der Waals surface area contributed by atoms with Gasteiger partial charge in [-0.25, -0.2) is 9.97 Å². The quantitative estimate of drug-likeness (QED) is 0.894. The van der Waals surface area contributed by atoms with Crippen molar-refractivity contribution in [3.63, 3.8) is 0 Å². The standard InChI is InChI=1S/C14H19N3S/c1-10(8-9-18-3)15-14-11(2)16-12-6-4-5-7-13(12)17-14/h4-7,10H,8-9H2,1-3H3,(H,15,17). The third-order valence-electron chi connectivity index (χ3n) is 2.88. The van der Waals surface area contributed by atoms with Crippen LogP contribution in [0.5, 0.6) is 0 Å². The molecule has 1 aromatic carbocycles. The van der Waals surface area contributed by atoms with Crippen molar-refractivity contribution in [1.82, 2.24) is 9.97 Å². The van der Waals surface area contributed by atoms with E-state index in [2.05, 4.69) is 28.5 Å². The van der Waals surface area contributed by atoms with Crippen LogP contribution in [0.25, 0.3) is 11.0 Å². The Morgan fingerprint density at radius 3 is 2.56 bits per heavy atom. The Bertz CT molecular complexity index is 527. The molecule has 0 aliphatic rings. The summed E-state index contributed by atoms with van der Waals surface area (Å²) in [5.74, 6) is 2.07. The summed E-state index contributed by atoms with van der Waals surface area (Å²) < 4.78 is 0. The van der Waals surface area contributed by atoms with Crippen molar-refractivity contribution in [1.29, 1.82) is 0 Å². The van der Waals surface area contributed by atoms with Gasteiger partial charge >= 0.3 is 0 Å². The lowest BCUT2D eigenvalue weighted by atomic mass is 10.2. The Balaban J connectivity index is 2.19. The predicted octanol–water partition coefficient (Wildman–Crippen LogP) is 3.49. The maximum atomic E-state index is 4.64. The molecule has 2 rings (SSSR count). The van der Waals surface area contributed by atoms with Gasteiger partial charge in [-0.05, 0) is 44.4 Å². The molecule has 0 spiro atoms. The molecule has 96 valence electrons. The van der Waals surface area contributed by atoms with Gasteiger partial charge in [-0.15, -0.1) is 0 Å². The number of aromatic nitrogens is 2. The van der Waals surface area contributed by atoms with Crippen LogP contribution in [0.4, 0.5) is 5.82 Å². The molecule has 1 N–H and O–H groups in total. The van der Waals surface area contributed by atoms with Gasteiger partial charge in [0.1, 0.15) is 5.82 Å². The minimum atomic E-state index is 0.423. The molecule has 0 aliphatic heterocycles. The minimum Gasteiger partial charge on any atom is -0.366 e. The fourth-order valence-electron chi connectivity index (χ4n) is 1.83. The number of para-hydroxylation sites is 2. The Morgan fingerprint density at radius 1 is 1.22 bits per heavy atom. The van der Waals surface area contributed by atoms with E-state index < -0.39 is 0 Å². The zero-order chi connectivity index (χ0) is 13.0. The monoisotopic (exact) mass is 261 g/mol. The fourth-order valence-corrected chi connectivity index (χ4v) is 2.41. The van der Waals surface area contributed by atoms with E-state index in [0.29, 0.717) is 6.04 Å². The number of nitrogens with zero attached hydrogens (tertiary/aromatic N) is 2. The highest BCUT2D eigenvalue weighted by Gasteiger charge is 2.07. The van der Waals surface area contributed by atoms with Crippen LogP contribution in [0, 0.1) is 6.92 Å². The lowest BCUT2D eigenvalue weighted by Crippen LogP contribution is -2.18. The van der Waals surface area contributed by atoms with E-state index in [1.807, 2.05) is 43.0 Å². The van der Waals surface area contributed by atoms with Gasteiger partial charge in [-0.1, -0.05) is 12.1 Å². The SMILES string of the molecule is CSCCC(C)Nc1nc2ccccc2nc1C. The van der Waals surface area contributed by atoms with Crippen molar-refractivity contribution < 1.29 is 0 Å². The molecule has 0 fully saturated rings. The molecule has 0 amide bonds. The van der Waals surface area contributed by atoms with Gasteiger partial charge in [0.15, 0.2) is 0 Å². The molecule has 2 aromatic rings. The third kappa shape index (κ3) is 3.13. The number of benzene rings is 1. The fraction of sp³-hybridized carbons (Fsp3) is 0.429. The summed E-state index contributed by atoms with van der Waals surface area (Å²) in [6, 6.07) is 8.40. The normalized spacial score (nSPS) is 12.6. The highest BCUT2D eigenvalue weighted by Crippen LogP contribution is 2.17. The van der Waals surface area contributed by atoms with Gasteiger partial charge in [-0.3, -0.25) is 0 Å². The van der Waals surface area contributed by atoms with Crippen LogP contribution < -0.4 is 5.32 Å². The molecule has 4 heteroatoms. The van der Waals surface area contributed by atoms with E-state index >= 15 is 0 Å². The van der Waals surface area contributed by atoms with E-state index in [1.165, 1.54) is 0 Å². The average molecular weight is 261 g/mol. The van der Waals surface area contributed by atoms with Crippen LogP contribution in [0.3, 0.4) is 0 Å². The summed E-state index contributed by atoms with van der Waals surface area (Å²) in [4.78, 5) is 9.22. The number of aryl methyl sites for hydroxylation is 1. The average Bonchev–Trinajstić information content (AvgIpc) is 2.37. The van der Waals surface area contributed by atoms with E-state index in [1.54, 1.807) is 0 Å². The van der Waals surface area contributed by atoms with Gasteiger partial charge in [0, 0.05) is 6.04 Å². The molecule has 3 nitrogen and oxygen atoms in total. The van der Waals surface area contributed by atoms with Gasteiger partial charge < -0.3 is 5.32 Å². The first-order valence-corrected chi connectivity index (χ1v) is 7.59. The molecule has 1 unspecified atom stereocenters. The predicted molar refractivity (Wildman–Crippen MR) is 80.4 cm³/mol. The number of rotatable bonds is 5. The number of fused-ring (bicyclic) bond motifs is 1. The Labute approximate surface area is 112 Å². The summed E-state index contributed by atoms with van der Waals surface area (Å²) in [6.45, 7) is 4.19. The summed E-state index contributed by atoms with van der Waals surface area (Å²) >= 11 is 1.87. The van der Waals surface area contributed by atoms with E-state index in [9.17, 15) is 0 Å². The summed E-state index contributed by atoms with van der Waals surface area (Å²) in [7, 11) is 0. The van der Waals surface area contributed by atoms with Gasteiger partial charge in [0.05, 0.1) is 16.7 Å². The van der Waals surface area contributed by atoms with Crippen LogP contribution in [-0.4, -0.2) is 28.0 Å².